The minimum atomic E-state index is -0.536. The van der Waals surface area contributed by atoms with Gasteiger partial charge in [0.1, 0.15) is 0 Å². The first-order valence-electron chi connectivity index (χ1n) is 4.99. The molecule has 84 valence electrons. The first-order chi connectivity index (χ1) is 7.15. The van der Waals surface area contributed by atoms with Gasteiger partial charge in [-0.25, -0.2) is 0 Å². The molecule has 0 unspecified atom stereocenters. The molecule has 0 aliphatic heterocycles. The zero-order chi connectivity index (χ0) is 11.3. The first-order valence-corrected chi connectivity index (χ1v) is 5.74. The highest BCUT2D eigenvalue weighted by atomic mass is 35.5. The van der Waals surface area contributed by atoms with Crippen LogP contribution in [0.3, 0.4) is 0 Å². The summed E-state index contributed by atoms with van der Waals surface area (Å²) < 4.78 is 0. The van der Waals surface area contributed by atoms with E-state index in [1.54, 1.807) is 18.2 Å². The Balaban J connectivity index is 2.57. The Morgan fingerprint density at radius 1 is 1.33 bits per heavy atom. The minimum absolute atomic E-state index is 0.476. The molecule has 2 nitrogen and oxygen atoms in total. The highest BCUT2D eigenvalue weighted by Gasteiger charge is 2.08. The fraction of sp³-hybridized carbons (Fsp3) is 0.455. The smallest absolute Gasteiger partial charge is 0.0914 e. The molecule has 0 heterocycles. The number of benzene rings is 1. The third-order valence-corrected chi connectivity index (χ3v) is 2.83. The van der Waals surface area contributed by atoms with Crippen molar-refractivity contribution in [2.24, 2.45) is 0 Å². The number of nitrogens with one attached hydrogen (secondary N) is 1. The molecule has 1 aromatic rings. The van der Waals surface area contributed by atoms with Gasteiger partial charge in [-0.05, 0) is 30.7 Å². The molecule has 0 aliphatic carbocycles. The Labute approximate surface area is 100 Å². The number of halogens is 2. The second-order valence-corrected chi connectivity index (χ2v) is 4.21. The van der Waals surface area contributed by atoms with Crippen LogP contribution in [0.1, 0.15) is 25.0 Å². The van der Waals surface area contributed by atoms with E-state index in [0.717, 1.165) is 18.5 Å². The maximum absolute atomic E-state index is 9.80. The number of aliphatic hydroxyl groups excluding tert-OH is 1. The summed E-state index contributed by atoms with van der Waals surface area (Å²) in [6, 6.07) is 5.18. The van der Waals surface area contributed by atoms with Gasteiger partial charge in [0.15, 0.2) is 0 Å². The Kier molecular flexibility index (Phi) is 5.40. The van der Waals surface area contributed by atoms with Crippen molar-refractivity contribution in [2.75, 3.05) is 13.1 Å². The molecule has 0 radical (unpaired) electrons. The number of rotatable bonds is 5. The van der Waals surface area contributed by atoms with Gasteiger partial charge in [0, 0.05) is 6.54 Å². The van der Waals surface area contributed by atoms with E-state index in [0.29, 0.717) is 16.6 Å². The molecule has 0 spiro atoms. The van der Waals surface area contributed by atoms with Gasteiger partial charge in [-0.15, -0.1) is 0 Å². The average Bonchev–Trinajstić information content (AvgIpc) is 2.22. The lowest BCUT2D eigenvalue weighted by atomic mass is 10.1. The standard InChI is InChI=1S/C11H15Cl2NO/c1-2-5-14-7-11(15)8-3-4-9(12)10(13)6-8/h3-4,6,11,14-15H,2,5,7H2,1H3/t11-/m1/s1. The van der Waals surface area contributed by atoms with Crippen LogP contribution in [0.2, 0.25) is 10.0 Å². The normalized spacial score (nSPS) is 12.8. The van der Waals surface area contributed by atoms with Crippen LogP contribution in [0.5, 0.6) is 0 Å². The molecule has 0 amide bonds. The van der Waals surface area contributed by atoms with Gasteiger partial charge in [-0.3, -0.25) is 0 Å². The van der Waals surface area contributed by atoms with E-state index in [1.165, 1.54) is 0 Å². The highest BCUT2D eigenvalue weighted by Crippen LogP contribution is 2.25. The molecule has 1 atom stereocenters. The van der Waals surface area contributed by atoms with Crippen molar-refractivity contribution in [1.82, 2.24) is 5.32 Å². The summed E-state index contributed by atoms with van der Waals surface area (Å²) in [6.45, 7) is 3.52. The summed E-state index contributed by atoms with van der Waals surface area (Å²) in [5.74, 6) is 0. The molecule has 0 aromatic heterocycles. The molecule has 0 saturated heterocycles. The molecule has 4 heteroatoms. The molecule has 15 heavy (non-hydrogen) atoms. The van der Waals surface area contributed by atoms with E-state index in [2.05, 4.69) is 12.2 Å². The van der Waals surface area contributed by atoms with E-state index in [9.17, 15) is 5.11 Å². The SMILES string of the molecule is CCCNC[C@@H](O)c1ccc(Cl)c(Cl)c1. The fourth-order valence-corrected chi connectivity index (χ4v) is 1.56. The lowest BCUT2D eigenvalue weighted by Crippen LogP contribution is -2.22. The summed E-state index contributed by atoms with van der Waals surface area (Å²) in [7, 11) is 0. The third kappa shape index (κ3) is 3.99. The molecule has 1 rings (SSSR count). The number of hydrogen-bond acceptors (Lipinski definition) is 2. The molecule has 0 fully saturated rings. The number of hydrogen-bond donors (Lipinski definition) is 2. The van der Waals surface area contributed by atoms with Crippen molar-refractivity contribution in [3.8, 4) is 0 Å². The van der Waals surface area contributed by atoms with Crippen molar-refractivity contribution in [3.05, 3.63) is 33.8 Å². The second-order valence-electron chi connectivity index (χ2n) is 3.39. The van der Waals surface area contributed by atoms with Crippen LogP contribution >= 0.6 is 23.2 Å². The molecule has 0 bridgehead atoms. The monoisotopic (exact) mass is 247 g/mol. The topological polar surface area (TPSA) is 32.3 Å². The summed E-state index contributed by atoms with van der Waals surface area (Å²) in [4.78, 5) is 0. The predicted octanol–water partition coefficient (Wildman–Crippen LogP) is 3.03. The second kappa shape index (κ2) is 6.33. The van der Waals surface area contributed by atoms with Gasteiger partial charge >= 0.3 is 0 Å². The van der Waals surface area contributed by atoms with E-state index >= 15 is 0 Å². The molecule has 1 aromatic carbocycles. The van der Waals surface area contributed by atoms with Crippen LogP contribution in [0.15, 0.2) is 18.2 Å². The maximum atomic E-state index is 9.80. The molecule has 2 N–H and O–H groups in total. The van der Waals surface area contributed by atoms with Gasteiger partial charge in [0.25, 0.3) is 0 Å². The Bertz CT molecular complexity index is 317. The van der Waals surface area contributed by atoms with E-state index in [1.807, 2.05) is 0 Å². The molecular formula is C11H15Cl2NO. The zero-order valence-electron chi connectivity index (χ0n) is 8.63. The summed E-state index contributed by atoms with van der Waals surface area (Å²) in [5.41, 5.74) is 0.785. The van der Waals surface area contributed by atoms with Crippen LogP contribution in [-0.4, -0.2) is 18.2 Å². The van der Waals surface area contributed by atoms with Crippen molar-refractivity contribution < 1.29 is 5.11 Å². The van der Waals surface area contributed by atoms with Crippen LogP contribution < -0.4 is 5.32 Å². The van der Waals surface area contributed by atoms with Crippen LogP contribution in [0.4, 0.5) is 0 Å². The highest BCUT2D eigenvalue weighted by molar-refractivity contribution is 6.42. The van der Waals surface area contributed by atoms with Crippen molar-refractivity contribution in [3.63, 3.8) is 0 Å². The third-order valence-electron chi connectivity index (χ3n) is 2.09. The minimum Gasteiger partial charge on any atom is -0.387 e. The maximum Gasteiger partial charge on any atom is 0.0914 e. The van der Waals surface area contributed by atoms with E-state index in [4.69, 9.17) is 23.2 Å². The van der Waals surface area contributed by atoms with Crippen molar-refractivity contribution >= 4 is 23.2 Å². The van der Waals surface area contributed by atoms with Gasteiger partial charge in [-0.2, -0.15) is 0 Å². The summed E-state index contributed by atoms with van der Waals surface area (Å²) in [5, 5.41) is 13.9. The van der Waals surface area contributed by atoms with E-state index in [-0.39, 0.29) is 0 Å². The Hall–Kier alpha value is -0.280. The summed E-state index contributed by atoms with van der Waals surface area (Å²) in [6.07, 6.45) is 0.514. The quantitative estimate of drug-likeness (QED) is 0.785. The first kappa shape index (κ1) is 12.8. The van der Waals surface area contributed by atoms with Crippen LogP contribution in [-0.2, 0) is 0 Å². The lowest BCUT2D eigenvalue weighted by Gasteiger charge is -2.12. The van der Waals surface area contributed by atoms with E-state index < -0.39 is 6.10 Å². The van der Waals surface area contributed by atoms with Crippen molar-refractivity contribution in [1.29, 1.82) is 0 Å². The average molecular weight is 248 g/mol. The molecule has 0 saturated carbocycles. The Morgan fingerprint density at radius 2 is 2.07 bits per heavy atom. The van der Waals surface area contributed by atoms with Crippen LogP contribution in [0.25, 0.3) is 0 Å². The van der Waals surface area contributed by atoms with Crippen LogP contribution in [0, 0.1) is 0 Å². The zero-order valence-corrected chi connectivity index (χ0v) is 10.1. The van der Waals surface area contributed by atoms with Gasteiger partial charge in [0.2, 0.25) is 0 Å². The van der Waals surface area contributed by atoms with Gasteiger partial charge in [0.05, 0.1) is 16.1 Å². The van der Waals surface area contributed by atoms with Gasteiger partial charge < -0.3 is 10.4 Å². The predicted molar refractivity (Wildman–Crippen MR) is 64.6 cm³/mol. The van der Waals surface area contributed by atoms with Crippen molar-refractivity contribution in [2.45, 2.75) is 19.4 Å². The molecular weight excluding hydrogens is 233 g/mol. The molecule has 0 aliphatic rings. The largest absolute Gasteiger partial charge is 0.387 e. The van der Waals surface area contributed by atoms with Gasteiger partial charge in [-0.1, -0.05) is 36.2 Å². The number of aliphatic hydroxyl groups is 1. The fourth-order valence-electron chi connectivity index (χ4n) is 1.25. The Morgan fingerprint density at radius 3 is 2.67 bits per heavy atom. The lowest BCUT2D eigenvalue weighted by molar-refractivity contribution is 0.175. The summed E-state index contributed by atoms with van der Waals surface area (Å²) >= 11 is 11.6.